The van der Waals surface area contributed by atoms with E-state index in [9.17, 15) is 19.5 Å². The van der Waals surface area contributed by atoms with Crippen molar-refractivity contribution in [3.8, 4) is 0 Å². The molecule has 2 heterocycles. The lowest BCUT2D eigenvalue weighted by Crippen LogP contribution is -2.29. The number of rotatable bonds is 5. The van der Waals surface area contributed by atoms with Crippen molar-refractivity contribution in [1.82, 2.24) is 4.98 Å². The van der Waals surface area contributed by atoms with E-state index in [1.807, 2.05) is 31.2 Å². The topological polar surface area (TPSA) is 96.8 Å². The maximum absolute atomic E-state index is 13.2. The highest BCUT2D eigenvalue weighted by Crippen LogP contribution is 2.43. The van der Waals surface area contributed by atoms with Crippen LogP contribution in [0.5, 0.6) is 0 Å². The Kier molecular flexibility index (Phi) is 6.04. The van der Waals surface area contributed by atoms with Crippen molar-refractivity contribution >= 4 is 29.1 Å². The third-order valence-electron chi connectivity index (χ3n) is 5.54. The highest BCUT2D eigenvalue weighted by Gasteiger charge is 2.47. The molecule has 166 valence electrons. The molecule has 1 aliphatic rings. The van der Waals surface area contributed by atoms with Gasteiger partial charge < -0.3 is 9.84 Å². The maximum Gasteiger partial charge on any atom is 0.338 e. The Morgan fingerprint density at radius 3 is 2.30 bits per heavy atom. The number of ketones is 1. The van der Waals surface area contributed by atoms with Gasteiger partial charge >= 0.3 is 5.97 Å². The average molecular weight is 442 g/mol. The molecule has 1 aromatic heterocycles. The number of pyridine rings is 1. The zero-order valence-electron chi connectivity index (χ0n) is 18.2. The van der Waals surface area contributed by atoms with Gasteiger partial charge in [0.15, 0.2) is 0 Å². The maximum atomic E-state index is 13.2. The molecule has 0 bridgehead atoms. The summed E-state index contributed by atoms with van der Waals surface area (Å²) in [5, 5.41) is 11.1. The zero-order valence-corrected chi connectivity index (χ0v) is 18.2. The van der Waals surface area contributed by atoms with Crippen molar-refractivity contribution in [2.45, 2.75) is 19.9 Å². The average Bonchev–Trinajstić information content (AvgIpc) is 3.10. The molecule has 1 atom stereocenters. The first kappa shape index (κ1) is 22.0. The fourth-order valence-corrected chi connectivity index (χ4v) is 3.92. The molecular weight excluding hydrogens is 420 g/mol. The summed E-state index contributed by atoms with van der Waals surface area (Å²) in [7, 11) is 0. The fourth-order valence-electron chi connectivity index (χ4n) is 3.92. The second kappa shape index (κ2) is 9.08. The standard InChI is InChI=1S/C26H22N2O5/c1-3-33-26(32)18-8-10-19(11-9-18)28-22(20-7-5-4-6-16(20)2)21(24(30)25(28)31)23(29)17-12-14-27-15-13-17/h4-15,22,29H,3H2,1-2H3/b23-21+. The monoisotopic (exact) mass is 442 g/mol. The second-order valence-electron chi connectivity index (χ2n) is 7.53. The normalized spacial score (nSPS) is 17.3. The summed E-state index contributed by atoms with van der Waals surface area (Å²) in [4.78, 5) is 43.7. The van der Waals surface area contributed by atoms with Gasteiger partial charge in [-0.3, -0.25) is 19.5 Å². The van der Waals surface area contributed by atoms with Gasteiger partial charge in [0.05, 0.1) is 23.8 Å². The quantitative estimate of drug-likeness (QED) is 0.275. The van der Waals surface area contributed by atoms with Crippen molar-refractivity contribution in [3.05, 3.63) is 101 Å². The molecule has 7 heteroatoms. The van der Waals surface area contributed by atoms with E-state index in [1.54, 1.807) is 43.3 Å². The summed E-state index contributed by atoms with van der Waals surface area (Å²) in [5.41, 5.74) is 2.71. The molecule has 7 nitrogen and oxygen atoms in total. The number of aliphatic hydroxyl groups excluding tert-OH is 1. The van der Waals surface area contributed by atoms with Crippen LogP contribution in [0, 0.1) is 6.92 Å². The minimum atomic E-state index is -0.840. The number of carbonyl (C=O) groups is 3. The van der Waals surface area contributed by atoms with Crippen molar-refractivity contribution in [2.75, 3.05) is 11.5 Å². The molecule has 0 radical (unpaired) electrons. The number of amides is 1. The molecule has 4 rings (SSSR count). The smallest absolute Gasteiger partial charge is 0.338 e. The summed E-state index contributed by atoms with van der Waals surface area (Å²) >= 11 is 0. The second-order valence-corrected chi connectivity index (χ2v) is 7.53. The van der Waals surface area contributed by atoms with E-state index in [2.05, 4.69) is 4.98 Å². The van der Waals surface area contributed by atoms with Crippen molar-refractivity contribution in [3.63, 3.8) is 0 Å². The summed E-state index contributed by atoms with van der Waals surface area (Å²) in [6.45, 7) is 3.85. The summed E-state index contributed by atoms with van der Waals surface area (Å²) < 4.78 is 5.02. The molecule has 33 heavy (non-hydrogen) atoms. The summed E-state index contributed by atoms with van der Waals surface area (Å²) in [5.74, 6) is -2.29. The first-order chi connectivity index (χ1) is 15.9. The molecule has 1 aliphatic heterocycles. The van der Waals surface area contributed by atoms with E-state index < -0.39 is 23.7 Å². The number of hydrogen-bond acceptors (Lipinski definition) is 6. The number of hydrogen-bond donors (Lipinski definition) is 1. The van der Waals surface area contributed by atoms with Crippen LogP contribution >= 0.6 is 0 Å². The third-order valence-corrected chi connectivity index (χ3v) is 5.54. The Hall–Kier alpha value is -4.26. The lowest BCUT2D eigenvalue weighted by molar-refractivity contribution is -0.132. The van der Waals surface area contributed by atoms with Crippen LogP contribution in [0.2, 0.25) is 0 Å². The Morgan fingerprint density at radius 2 is 1.67 bits per heavy atom. The highest BCUT2D eigenvalue weighted by atomic mass is 16.5. The molecule has 0 saturated carbocycles. The molecule has 1 unspecified atom stereocenters. The summed E-state index contributed by atoms with van der Waals surface area (Å²) in [6, 6.07) is 16.0. The van der Waals surface area contributed by atoms with Gasteiger partial charge in [-0.15, -0.1) is 0 Å². The third kappa shape index (κ3) is 4.01. The molecule has 1 amide bonds. The minimum absolute atomic E-state index is 0.00466. The Bertz CT molecular complexity index is 1250. The zero-order chi connectivity index (χ0) is 23.5. The number of benzene rings is 2. The van der Waals surface area contributed by atoms with Gasteiger partial charge in [0, 0.05) is 23.6 Å². The number of Topliss-reactive ketones (excluding diaryl/α,β-unsaturated/α-hetero) is 1. The van der Waals surface area contributed by atoms with Crippen LogP contribution in [-0.4, -0.2) is 34.4 Å². The van der Waals surface area contributed by atoms with Gasteiger partial charge in [-0.05, 0) is 61.4 Å². The van der Waals surface area contributed by atoms with Gasteiger partial charge in [0.25, 0.3) is 11.7 Å². The van der Waals surface area contributed by atoms with Crippen molar-refractivity contribution in [1.29, 1.82) is 0 Å². The predicted molar refractivity (Wildman–Crippen MR) is 123 cm³/mol. The number of ether oxygens (including phenoxy) is 1. The number of aromatic nitrogens is 1. The van der Waals surface area contributed by atoms with E-state index in [1.165, 1.54) is 17.3 Å². The molecule has 0 spiro atoms. The lowest BCUT2D eigenvalue weighted by Gasteiger charge is -2.26. The number of aliphatic hydroxyl groups is 1. The van der Waals surface area contributed by atoms with Crippen LogP contribution in [-0.2, 0) is 14.3 Å². The summed E-state index contributed by atoms with van der Waals surface area (Å²) in [6.07, 6.45) is 3.00. The van der Waals surface area contributed by atoms with Crippen LogP contribution in [0.4, 0.5) is 5.69 Å². The minimum Gasteiger partial charge on any atom is -0.507 e. The first-order valence-corrected chi connectivity index (χ1v) is 10.5. The van der Waals surface area contributed by atoms with Gasteiger partial charge in [-0.25, -0.2) is 4.79 Å². The van der Waals surface area contributed by atoms with Crippen molar-refractivity contribution < 1.29 is 24.2 Å². The number of esters is 1. The number of aryl methyl sites for hydroxylation is 1. The van der Waals surface area contributed by atoms with Crippen LogP contribution in [0.3, 0.4) is 0 Å². The number of carbonyl (C=O) groups excluding carboxylic acids is 3. The molecule has 1 saturated heterocycles. The largest absolute Gasteiger partial charge is 0.507 e. The molecule has 0 aliphatic carbocycles. The van der Waals surface area contributed by atoms with E-state index in [4.69, 9.17) is 4.74 Å². The molecule has 2 aromatic carbocycles. The van der Waals surface area contributed by atoms with Crippen molar-refractivity contribution in [2.24, 2.45) is 0 Å². The number of anilines is 1. The lowest BCUT2D eigenvalue weighted by atomic mass is 9.92. The molecule has 1 N–H and O–H groups in total. The van der Waals surface area contributed by atoms with Gasteiger partial charge in [-0.1, -0.05) is 24.3 Å². The predicted octanol–water partition coefficient (Wildman–Crippen LogP) is 4.19. The molecular formula is C26H22N2O5. The van der Waals surface area contributed by atoms with E-state index in [0.29, 0.717) is 22.4 Å². The van der Waals surface area contributed by atoms with Crippen LogP contribution in [0.25, 0.3) is 5.76 Å². The first-order valence-electron chi connectivity index (χ1n) is 10.5. The molecule has 1 fully saturated rings. The van der Waals surface area contributed by atoms with Crippen LogP contribution in [0.15, 0.2) is 78.6 Å². The number of nitrogens with zero attached hydrogens (tertiary/aromatic N) is 2. The Balaban J connectivity index is 1.88. The highest BCUT2D eigenvalue weighted by molar-refractivity contribution is 6.51. The van der Waals surface area contributed by atoms with Crippen LogP contribution in [0.1, 0.15) is 40.0 Å². The Labute approximate surface area is 191 Å². The Morgan fingerprint density at radius 1 is 1.00 bits per heavy atom. The van der Waals surface area contributed by atoms with Crippen LogP contribution < -0.4 is 4.90 Å². The van der Waals surface area contributed by atoms with Gasteiger partial charge in [-0.2, -0.15) is 0 Å². The van der Waals surface area contributed by atoms with E-state index in [-0.39, 0.29) is 17.9 Å². The van der Waals surface area contributed by atoms with Gasteiger partial charge in [0.1, 0.15) is 5.76 Å². The SMILES string of the molecule is CCOC(=O)c1ccc(N2C(=O)C(=O)/C(=C(/O)c3ccncc3)C2c2ccccc2C)cc1. The van der Waals surface area contributed by atoms with Gasteiger partial charge in [0.2, 0.25) is 0 Å². The van der Waals surface area contributed by atoms with E-state index in [0.717, 1.165) is 5.56 Å². The van der Waals surface area contributed by atoms with E-state index >= 15 is 0 Å². The molecule has 3 aromatic rings. The fraction of sp³-hybridized carbons (Fsp3) is 0.154.